The number of esters is 1. The van der Waals surface area contributed by atoms with Crippen molar-refractivity contribution < 1.29 is 14.3 Å². The number of hydrogen-bond acceptors (Lipinski definition) is 3. The van der Waals surface area contributed by atoms with Crippen molar-refractivity contribution in [2.24, 2.45) is 5.92 Å². The van der Waals surface area contributed by atoms with Crippen molar-refractivity contribution in [3.05, 3.63) is 0 Å². The summed E-state index contributed by atoms with van der Waals surface area (Å²) in [7, 11) is 1.27. The lowest BCUT2D eigenvalue weighted by Gasteiger charge is -2.07. The molecule has 0 aromatic carbocycles. The Kier molecular flexibility index (Phi) is 11.8. The lowest BCUT2D eigenvalue weighted by molar-refractivity contribution is -0.145. The van der Waals surface area contributed by atoms with Gasteiger partial charge in [0.15, 0.2) is 0 Å². The third kappa shape index (κ3) is 8.25. The summed E-state index contributed by atoms with van der Waals surface area (Å²) in [6.45, 7) is 4.00. The first kappa shape index (κ1) is 15.4. The summed E-state index contributed by atoms with van der Waals surface area (Å²) in [5, 5.41) is -0.141. The monoisotopic (exact) mass is 272 g/mol. The summed E-state index contributed by atoms with van der Waals surface area (Å²) in [4.78, 5) is 21.2. The Labute approximate surface area is 91.9 Å². The molecule has 0 fully saturated rings. The van der Waals surface area contributed by atoms with Crippen LogP contribution < -0.4 is 0 Å². The average Bonchev–Trinajstić information content (AvgIpc) is 2.16. The SMILES string of the molecule is CC.COC(=O)C(CBr)CC(=O)Cl. The van der Waals surface area contributed by atoms with E-state index < -0.39 is 17.1 Å². The van der Waals surface area contributed by atoms with Gasteiger partial charge in [0.25, 0.3) is 0 Å². The Morgan fingerprint density at radius 3 is 2.15 bits per heavy atom. The predicted molar refractivity (Wildman–Crippen MR) is 56.1 cm³/mol. The number of ether oxygens (including phenoxy) is 1. The van der Waals surface area contributed by atoms with Crippen LogP contribution in [-0.2, 0) is 14.3 Å². The van der Waals surface area contributed by atoms with E-state index in [1.807, 2.05) is 13.8 Å². The highest BCUT2D eigenvalue weighted by atomic mass is 79.9. The topological polar surface area (TPSA) is 43.4 Å². The standard InChI is InChI=1S/C6H8BrClO3.C2H6/c1-11-6(10)4(3-7)2-5(8)9;1-2/h4H,2-3H2,1H3;1-2H3. The summed E-state index contributed by atoms with van der Waals surface area (Å²) in [5.41, 5.74) is 0. The molecule has 0 bridgehead atoms. The molecule has 0 saturated heterocycles. The van der Waals surface area contributed by atoms with E-state index in [9.17, 15) is 9.59 Å². The summed E-state index contributed by atoms with van der Waals surface area (Å²) in [6.07, 6.45) is 0.0134. The smallest absolute Gasteiger partial charge is 0.310 e. The summed E-state index contributed by atoms with van der Waals surface area (Å²) in [6, 6.07) is 0. The van der Waals surface area contributed by atoms with Gasteiger partial charge in [0.2, 0.25) is 5.24 Å². The average molecular weight is 274 g/mol. The van der Waals surface area contributed by atoms with Gasteiger partial charge in [-0.05, 0) is 11.6 Å². The number of methoxy groups -OCH3 is 1. The molecule has 0 heterocycles. The quantitative estimate of drug-likeness (QED) is 0.449. The fourth-order valence-electron chi connectivity index (χ4n) is 0.561. The normalized spacial score (nSPS) is 10.8. The molecule has 5 heteroatoms. The number of halogens is 2. The fraction of sp³-hybridized carbons (Fsp3) is 0.750. The van der Waals surface area contributed by atoms with E-state index >= 15 is 0 Å². The first-order chi connectivity index (χ1) is 6.11. The van der Waals surface area contributed by atoms with Gasteiger partial charge in [-0.3, -0.25) is 9.59 Å². The molecule has 0 aliphatic carbocycles. The molecule has 0 saturated carbocycles. The van der Waals surface area contributed by atoms with E-state index in [0.717, 1.165) is 0 Å². The third-order valence-electron chi connectivity index (χ3n) is 1.13. The van der Waals surface area contributed by atoms with Crippen LogP contribution in [0.3, 0.4) is 0 Å². The third-order valence-corrected chi connectivity index (χ3v) is 2.06. The Hall–Kier alpha value is -0.0900. The van der Waals surface area contributed by atoms with Crippen LogP contribution in [0.15, 0.2) is 0 Å². The molecule has 78 valence electrons. The maximum absolute atomic E-state index is 10.8. The zero-order valence-corrected chi connectivity index (χ0v) is 10.3. The van der Waals surface area contributed by atoms with Crippen LogP contribution >= 0.6 is 27.5 Å². The Bertz CT molecular complexity index is 161. The van der Waals surface area contributed by atoms with Gasteiger partial charge in [0.05, 0.1) is 13.0 Å². The van der Waals surface area contributed by atoms with Crippen molar-refractivity contribution in [3.8, 4) is 0 Å². The highest BCUT2D eigenvalue weighted by Gasteiger charge is 2.19. The number of rotatable bonds is 4. The van der Waals surface area contributed by atoms with Gasteiger partial charge >= 0.3 is 5.97 Å². The molecule has 1 unspecified atom stereocenters. The lowest BCUT2D eigenvalue weighted by atomic mass is 10.1. The van der Waals surface area contributed by atoms with Crippen molar-refractivity contribution in [2.75, 3.05) is 12.4 Å². The van der Waals surface area contributed by atoms with Crippen molar-refractivity contribution in [3.63, 3.8) is 0 Å². The van der Waals surface area contributed by atoms with Gasteiger partial charge in [-0.2, -0.15) is 0 Å². The highest BCUT2D eigenvalue weighted by molar-refractivity contribution is 9.09. The number of alkyl halides is 1. The fourth-order valence-corrected chi connectivity index (χ4v) is 1.24. The molecule has 13 heavy (non-hydrogen) atoms. The summed E-state index contributed by atoms with van der Waals surface area (Å²) >= 11 is 8.16. The van der Waals surface area contributed by atoms with Gasteiger partial charge in [-0.1, -0.05) is 29.8 Å². The predicted octanol–water partition coefficient (Wildman–Crippen LogP) is 2.35. The van der Waals surface area contributed by atoms with E-state index in [2.05, 4.69) is 20.7 Å². The molecular formula is C8H14BrClO3. The van der Waals surface area contributed by atoms with Crippen molar-refractivity contribution in [1.29, 1.82) is 0 Å². The molecule has 0 spiro atoms. The number of hydrogen-bond donors (Lipinski definition) is 0. The van der Waals surface area contributed by atoms with Crippen LogP contribution in [0, 0.1) is 5.92 Å². The van der Waals surface area contributed by atoms with Gasteiger partial charge in [0.1, 0.15) is 0 Å². The molecule has 0 aromatic rings. The van der Waals surface area contributed by atoms with E-state index in [1.54, 1.807) is 0 Å². The van der Waals surface area contributed by atoms with Crippen LogP contribution in [0.4, 0.5) is 0 Å². The number of carbonyl (C=O) groups excluding carboxylic acids is 2. The molecule has 0 amide bonds. The molecule has 0 rings (SSSR count). The second-order valence-electron chi connectivity index (χ2n) is 1.93. The van der Waals surface area contributed by atoms with Crippen LogP contribution in [-0.4, -0.2) is 23.7 Å². The van der Waals surface area contributed by atoms with Crippen LogP contribution in [0.25, 0.3) is 0 Å². The molecule has 0 aliphatic heterocycles. The first-order valence-electron chi connectivity index (χ1n) is 3.94. The minimum absolute atomic E-state index is 0.0134. The maximum Gasteiger partial charge on any atom is 0.310 e. The molecule has 1 atom stereocenters. The summed E-state index contributed by atoms with van der Waals surface area (Å²) < 4.78 is 4.42. The lowest BCUT2D eigenvalue weighted by Crippen LogP contribution is -2.19. The van der Waals surface area contributed by atoms with Gasteiger partial charge in [0, 0.05) is 11.8 Å². The molecule has 0 aromatic heterocycles. The van der Waals surface area contributed by atoms with Crippen molar-refractivity contribution in [1.82, 2.24) is 0 Å². The molecule has 0 radical (unpaired) electrons. The minimum Gasteiger partial charge on any atom is -0.469 e. The largest absolute Gasteiger partial charge is 0.469 e. The maximum atomic E-state index is 10.8. The van der Waals surface area contributed by atoms with E-state index in [4.69, 9.17) is 11.6 Å². The van der Waals surface area contributed by atoms with E-state index in [-0.39, 0.29) is 6.42 Å². The second-order valence-corrected chi connectivity index (χ2v) is 3.00. The Balaban J connectivity index is 0. The molecular weight excluding hydrogens is 259 g/mol. The van der Waals surface area contributed by atoms with Gasteiger partial charge in [-0.25, -0.2) is 0 Å². The van der Waals surface area contributed by atoms with Crippen LogP contribution in [0.1, 0.15) is 20.3 Å². The molecule has 0 aliphatic rings. The van der Waals surface area contributed by atoms with E-state index in [0.29, 0.717) is 5.33 Å². The number of carbonyl (C=O) groups is 2. The highest BCUT2D eigenvalue weighted by Crippen LogP contribution is 2.10. The zero-order valence-electron chi connectivity index (χ0n) is 7.97. The zero-order chi connectivity index (χ0) is 10.9. The molecule has 3 nitrogen and oxygen atoms in total. The Morgan fingerprint density at radius 2 is 1.92 bits per heavy atom. The van der Waals surface area contributed by atoms with Gasteiger partial charge in [-0.15, -0.1) is 0 Å². The minimum atomic E-state index is -0.528. The van der Waals surface area contributed by atoms with Crippen LogP contribution in [0.2, 0.25) is 0 Å². The first-order valence-corrected chi connectivity index (χ1v) is 5.44. The van der Waals surface area contributed by atoms with Gasteiger partial charge < -0.3 is 4.74 Å². The summed E-state index contributed by atoms with van der Waals surface area (Å²) in [5.74, 6) is -0.888. The van der Waals surface area contributed by atoms with E-state index in [1.165, 1.54) is 7.11 Å². The van der Waals surface area contributed by atoms with Crippen molar-refractivity contribution >= 4 is 38.7 Å². The molecule has 0 N–H and O–H groups in total. The second kappa shape index (κ2) is 9.99. The van der Waals surface area contributed by atoms with Crippen LogP contribution in [0.5, 0.6) is 0 Å². The Morgan fingerprint density at radius 1 is 1.46 bits per heavy atom. The van der Waals surface area contributed by atoms with Crippen molar-refractivity contribution in [2.45, 2.75) is 20.3 Å².